The summed E-state index contributed by atoms with van der Waals surface area (Å²) in [5.74, 6) is 0.0421. The SMILES string of the molecule is COC(=O)c1ccccc1-c1cc(-c2ccc(OC)cc2)n(C(C)=O)n1. The van der Waals surface area contributed by atoms with Crippen LogP contribution in [0.15, 0.2) is 54.6 Å². The number of aromatic nitrogens is 2. The van der Waals surface area contributed by atoms with Gasteiger partial charge in [-0.2, -0.15) is 9.78 Å². The van der Waals surface area contributed by atoms with Crippen LogP contribution in [0.1, 0.15) is 22.1 Å². The van der Waals surface area contributed by atoms with Crippen LogP contribution in [0.25, 0.3) is 22.5 Å². The fourth-order valence-electron chi connectivity index (χ4n) is 2.71. The molecule has 2 aromatic carbocycles. The molecule has 0 aliphatic rings. The molecule has 0 aliphatic heterocycles. The summed E-state index contributed by atoms with van der Waals surface area (Å²) in [5.41, 5.74) is 2.97. The van der Waals surface area contributed by atoms with Crippen LogP contribution in [-0.2, 0) is 4.74 Å². The summed E-state index contributed by atoms with van der Waals surface area (Å²) < 4.78 is 11.3. The van der Waals surface area contributed by atoms with Gasteiger partial charge < -0.3 is 9.47 Å². The predicted octanol–water partition coefficient (Wildman–Crippen LogP) is 3.67. The van der Waals surface area contributed by atoms with Crippen molar-refractivity contribution in [2.45, 2.75) is 6.92 Å². The molecule has 0 saturated heterocycles. The Hall–Kier alpha value is -3.41. The Kier molecular flexibility index (Phi) is 4.84. The maximum atomic E-state index is 12.1. The molecule has 6 nitrogen and oxygen atoms in total. The van der Waals surface area contributed by atoms with Crippen LogP contribution in [0.2, 0.25) is 0 Å². The summed E-state index contributed by atoms with van der Waals surface area (Å²) in [6, 6.07) is 16.1. The summed E-state index contributed by atoms with van der Waals surface area (Å²) in [5, 5.41) is 4.40. The minimum Gasteiger partial charge on any atom is -0.497 e. The number of esters is 1. The number of methoxy groups -OCH3 is 2. The number of hydrogen-bond acceptors (Lipinski definition) is 5. The lowest BCUT2D eigenvalue weighted by Gasteiger charge is -2.04. The van der Waals surface area contributed by atoms with Crippen LogP contribution in [0.3, 0.4) is 0 Å². The number of carbonyl (C=O) groups excluding carboxylic acids is 2. The van der Waals surface area contributed by atoms with Gasteiger partial charge in [-0.05, 0) is 36.4 Å². The van der Waals surface area contributed by atoms with Gasteiger partial charge in [-0.25, -0.2) is 4.79 Å². The Morgan fingerprint density at radius 2 is 1.69 bits per heavy atom. The standard InChI is InChI=1S/C20H18N2O4/c1-13(23)22-19(14-8-10-15(25-2)11-9-14)12-18(21-22)16-6-4-5-7-17(16)20(24)26-3/h4-12H,1-3H3. The first-order chi connectivity index (χ1) is 12.5. The Balaban J connectivity index is 2.14. The van der Waals surface area contributed by atoms with E-state index in [-0.39, 0.29) is 5.91 Å². The first-order valence-electron chi connectivity index (χ1n) is 7.98. The van der Waals surface area contributed by atoms with Crippen molar-refractivity contribution in [3.63, 3.8) is 0 Å². The smallest absolute Gasteiger partial charge is 0.338 e. The lowest BCUT2D eigenvalue weighted by molar-refractivity contribution is 0.0601. The van der Waals surface area contributed by atoms with Crippen molar-refractivity contribution >= 4 is 11.9 Å². The summed E-state index contributed by atoms with van der Waals surface area (Å²) in [4.78, 5) is 24.1. The van der Waals surface area contributed by atoms with E-state index in [9.17, 15) is 9.59 Å². The highest BCUT2D eigenvalue weighted by atomic mass is 16.5. The highest BCUT2D eigenvalue weighted by molar-refractivity contribution is 5.97. The topological polar surface area (TPSA) is 70.4 Å². The fraction of sp³-hybridized carbons (Fsp3) is 0.150. The van der Waals surface area contributed by atoms with Gasteiger partial charge in [-0.15, -0.1) is 0 Å². The molecule has 6 heteroatoms. The van der Waals surface area contributed by atoms with Gasteiger partial charge in [0.05, 0.1) is 31.2 Å². The van der Waals surface area contributed by atoms with E-state index >= 15 is 0 Å². The number of hydrogen-bond donors (Lipinski definition) is 0. The Labute approximate surface area is 151 Å². The Morgan fingerprint density at radius 3 is 2.31 bits per heavy atom. The normalized spacial score (nSPS) is 10.4. The van der Waals surface area contributed by atoms with E-state index in [0.29, 0.717) is 22.5 Å². The van der Waals surface area contributed by atoms with Crippen LogP contribution in [0.4, 0.5) is 0 Å². The molecular formula is C20H18N2O4. The van der Waals surface area contributed by atoms with E-state index in [1.54, 1.807) is 31.4 Å². The molecule has 3 aromatic rings. The van der Waals surface area contributed by atoms with Crippen molar-refractivity contribution in [2.75, 3.05) is 14.2 Å². The lowest BCUT2D eigenvalue weighted by Crippen LogP contribution is -2.09. The van der Waals surface area contributed by atoms with E-state index in [2.05, 4.69) is 5.10 Å². The van der Waals surface area contributed by atoms with E-state index < -0.39 is 5.97 Å². The zero-order valence-electron chi connectivity index (χ0n) is 14.7. The summed E-state index contributed by atoms with van der Waals surface area (Å²) in [6.07, 6.45) is 0. The number of ether oxygens (including phenoxy) is 2. The van der Waals surface area contributed by atoms with Gasteiger partial charge >= 0.3 is 5.97 Å². The van der Waals surface area contributed by atoms with Crippen molar-refractivity contribution in [3.8, 4) is 28.3 Å². The molecule has 132 valence electrons. The molecule has 0 unspecified atom stereocenters. The largest absolute Gasteiger partial charge is 0.497 e. The second kappa shape index (κ2) is 7.23. The predicted molar refractivity (Wildman–Crippen MR) is 97.3 cm³/mol. The molecule has 1 aromatic heterocycles. The van der Waals surface area contributed by atoms with Gasteiger partial charge in [0.2, 0.25) is 5.91 Å². The van der Waals surface area contributed by atoms with Gasteiger partial charge in [0.15, 0.2) is 0 Å². The van der Waals surface area contributed by atoms with E-state index in [1.165, 1.54) is 18.7 Å². The molecule has 3 rings (SSSR count). The maximum Gasteiger partial charge on any atom is 0.338 e. The molecule has 0 amide bonds. The Bertz CT molecular complexity index is 958. The van der Waals surface area contributed by atoms with Crippen molar-refractivity contribution in [2.24, 2.45) is 0 Å². The second-order valence-corrected chi connectivity index (χ2v) is 5.61. The molecule has 0 radical (unpaired) electrons. The van der Waals surface area contributed by atoms with Gasteiger partial charge in [0.25, 0.3) is 0 Å². The minimum atomic E-state index is -0.455. The number of rotatable bonds is 4. The van der Waals surface area contributed by atoms with Crippen LogP contribution in [-0.4, -0.2) is 35.9 Å². The summed E-state index contributed by atoms with van der Waals surface area (Å²) in [6.45, 7) is 1.44. The number of benzene rings is 2. The molecule has 0 saturated carbocycles. The van der Waals surface area contributed by atoms with Crippen LogP contribution in [0, 0.1) is 0 Å². The van der Waals surface area contributed by atoms with E-state index in [0.717, 1.165) is 11.3 Å². The molecule has 0 N–H and O–H groups in total. The van der Waals surface area contributed by atoms with Crippen molar-refractivity contribution in [3.05, 3.63) is 60.2 Å². The fourth-order valence-corrected chi connectivity index (χ4v) is 2.71. The zero-order chi connectivity index (χ0) is 18.7. The van der Waals surface area contributed by atoms with Crippen molar-refractivity contribution < 1.29 is 19.1 Å². The monoisotopic (exact) mass is 350 g/mol. The summed E-state index contributed by atoms with van der Waals surface area (Å²) >= 11 is 0. The molecule has 0 fully saturated rings. The average molecular weight is 350 g/mol. The molecule has 1 heterocycles. The van der Waals surface area contributed by atoms with Crippen LogP contribution < -0.4 is 4.74 Å². The molecule has 0 bridgehead atoms. The molecule has 0 aliphatic carbocycles. The van der Waals surface area contributed by atoms with Gasteiger partial charge in [-0.3, -0.25) is 4.79 Å². The highest BCUT2D eigenvalue weighted by Crippen LogP contribution is 2.29. The van der Waals surface area contributed by atoms with Gasteiger partial charge in [0.1, 0.15) is 5.75 Å². The number of nitrogens with zero attached hydrogens (tertiary/aromatic N) is 2. The van der Waals surface area contributed by atoms with Crippen LogP contribution in [0.5, 0.6) is 5.75 Å². The van der Waals surface area contributed by atoms with E-state index in [4.69, 9.17) is 9.47 Å². The molecule has 0 spiro atoms. The lowest BCUT2D eigenvalue weighted by atomic mass is 10.0. The minimum absolute atomic E-state index is 0.224. The third-order valence-electron chi connectivity index (χ3n) is 4.00. The highest BCUT2D eigenvalue weighted by Gasteiger charge is 2.19. The van der Waals surface area contributed by atoms with Crippen molar-refractivity contribution in [1.29, 1.82) is 0 Å². The first-order valence-corrected chi connectivity index (χ1v) is 7.98. The van der Waals surface area contributed by atoms with Crippen LogP contribution >= 0.6 is 0 Å². The first kappa shape index (κ1) is 17.4. The third-order valence-corrected chi connectivity index (χ3v) is 4.00. The number of carbonyl (C=O) groups is 2. The average Bonchev–Trinajstić information content (AvgIpc) is 3.13. The van der Waals surface area contributed by atoms with Gasteiger partial charge in [-0.1, -0.05) is 18.2 Å². The third kappa shape index (κ3) is 3.21. The Morgan fingerprint density at radius 1 is 1.00 bits per heavy atom. The van der Waals surface area contributed by atoms with Gasteiger partial charge in [0, 0.05) is 18.1 Å². The van der Waals surface area contributed by atoms with Crippen molar-refractivity contribution in [1.82, 2.24) is 9.78 Å². The second-order valence-electron chi connectivity index (χ2n) is 5.61. The maximum absolute atomic E-state index is 12.1. The zero-order valence-corrected chi connectivity index (χ0v) is 14.7. The molecular weight excluding hydrogens is 332 g/mol. The molecule has 0 atom stereocenters. The summed E-state index contributed by atoms with van der Waals surface area (Å²) in [7, 11) is 2.92. The quantitative estimate of drug-likeness (QED) is 0.672. The van der Waals surface area contributed by atoms with E-state index in [1.807, 2.05) is 30.3 Å². The molecule has 26 heavy (non-hydrogen) atoms.